The molecule has 0 fully saturated rings. The number of aryl methyl sites for hydroxylation is 1. The molecule has 0 amide bonds. The Morgan fingerprint density at radius 1 is 1.04 bits per heavy atom. The fraction of sp³-hybridized carbons (Fsp3) is 0.368. The molecule has 0 aliphatic rings. The monoisotopic (exact) mass is 436 g/mol. The van der Waals surface area contributed by atoms with Crippen molar-refractivity contribution in [3.63, 3.8) is 0 Å². The van der Waals surface area contributed by atoms with Crippen LogP contribution in [0.1, 0.15) is 43.4 Å². The Hall–Kier alpha value is -1.93. The smallest absolute Gasteiger partial charge is 0.506 e. The van der Waals surface area contributed by atoms with Gasteiger partial charge in [-0.2, -0.15) is 21.6 Å². The van der Waals surface area contributed by atoms with Crippen molar-refractivity contribution in [3.05, 3.63) is 58.1 Å². The van der Waals surface area contributed by atoms with Crippen LogP contribution in [-0.4, -0.2) is 19.0 Å². The molecule has 0 unspecified atom stereocenters. The summed E-state index contributed by atoms with van der Waals surface area (Å²) in [6, 6.07) is 9.24. The third-order valence-corrected chi connectivity index (χ3v) is 6.19. The predicted octanol–water partition coefficient (Wildman–Crippen LogP) is 5.69. The van der Waals surface area contributed by atoms with Gasteiger partial charge in [0.25, 0.3) is 0 Å². The fourth-order valence-electron chi connectivity index (χ4n) is 3.24. The van der Waals surface area contributed by atoms with E-state index >= 15 is 0 Å². The van der Waals surface area contributed by atoms with Crippen LogP contribution < -0.4 is 4.18 Å². The second kappa shape index (κ2) is 7.83. The molecule has 0 saturated carbocycles. The van der Waals surface area contributed by atoms with Gasteiger partial charge in [-0.1, -0.05) is 43.6 Å². The lowest BCUT2D eigenvalue weighted by Crippen LogP contribution is -2.29. The van der Waals surface area contributed by atoms with Gasteiger partial charge in [0, 0.05) is 5.41 Å². The highest BCUT2D eigenvalue weighted by Crippen LogP contribution is 2.42. The summed E-state index contributed by atoms with van der Waals surface area (Å²) in [5.74, 6) is -0.435. The maximum Gasteiger partial charge on any atom is 0.534 e. The largest absolute Gasteiger partial charge is 0.534 e. The molecule has 0 atom stereocenters. The Kier molecular flexibility index (Phi) is 6.25. The van der Waals surface area contributed by atoms with Crippen LogP contribution >= 0.6 is 11.6 Å². The first-order chi connectivity index (χ1) is 12.9. The van der Waals surface area contributed by atoms with Crippen LogP contribution in [-0.2, 0) is 15.5 Å². The Labute approximate surface area is 167 Å². The molecule has 0 bridgehead atoms. The van der Waals surface area contributed by atoms with E-state index in [-0.39, 0.29) is 22.1 Å². The number of alkyl halides is 3. The first-order valence-electron chi connectivity index (χ1n) is 8.49. The van der Waals surface area contributed by atoms with Crippen molar-refractivity contribution in [1.82, 2.24) is 0 Å². The van der Waals surface area contributed by atoms with E-state index in [9.17, 15) is 26.7 Å². The highest BCUT2D eigenvalue weighted by molar-refractivity contribution is 7.88. The Morgan fingerprint density at radius 2 is 1.57 bits per heavy atom. The van der Waals surface area contributed by atoms with Gasteiger partial charge >= 0.3 is 15.6 Å². The first kappa shape index (κ1) is 22.4. The van der Waals surface area contributed by atoms with Crippen molar-refractivity contribution >= 4 is 21.7 Å². The lowest BCUT2D eigenvalue weighted by Gasteiger charge is -2.34. The van der Waals surface area contributed by atoms with Crippen LogP contribution in [0.15, 0.2) is 36.4 Å². The maximum absolute atomic E-state index is 12.6. The zero-order valence-electron chi connectivity index (χ0n) is 15.5. The minimum absolute atomic E-state index is 0.0520. The lowest BCUT2D eigenvalue weighted by atomic mass is 9.70. The minimum Gasteiger partial charge on any atom is -0.506 e. The molecule has 4 nitrogen and oxygen atoms in total. The summed E-state index contributed by atoms with van der Waals surface area (Å²) >= 11 is 6.05. The summed E-state index contributed by atoms with van der Waals surface area (Å²) in [7, 11) is -5.74. The zero-order chi connectivity index (χ0) is 21.3. The summed E-state index contributed by atoms with van der Waals surface area (Å²) < 4.78 is 64.5. The van der Waals surface area contributed by atoms with Crippen molar-refractivity contribution in [2.24, 2.45) is 0 Å². The van der Waals surface area contributed by atoms with Gasteiger partial charge in [-0.15, -0.1) is 0 Å². The van der Waals surface area contributed by atoms with Gasteiger partial charge in [0.2, 0.25) is 0 Å². The number of aromatic hydroxyl groups is 1. The maximum atomic E-state index is 12.6. The van der Waals surface area contributed by atoms with E-state index in [1.165, 1.54) is 19.1 Å². The molecule has 2 aromatic rings. The van der Waals surface area contributed by atoms with Crippen molar-refractivity contribution in [2.45, 2.75) is 44.5 Å². The Morgan fingerprint density at radius 3 is 2.04 bits per heavy atom. The third kappa shape index (κ3) is 4.07. The van der Waals surface area contributed by atoms with Crippen LogP contribution in [0.5, 0.6) is 11.5 Å². The average Bonchev–Trinajstić information content (AvgIpc) is 2.60. The molecular formula is C19H20ClF3O4S. The number of phenols is 1. The minimum atomic E-state index is -5.74. The molecule has 1 N–H and O–H groups in total. The molecular weight excluding hydrogens is 417 g/mol. The number of hydrogen-bond acceptors (Lipinski definition) is 4. The van der Waals surface area contributed by atoms with Crippen LogP contribution in [0.3, 0.4) is 0 Å². The molecule has 0 aromatic heterocycles. The molecule has 0 aliphatic heterocycles. The summed E-state index contributed by atoms with van der Waals surface area (Å²) in [4.78, 5) is 0. The topological polar surface area (TPSA) is 63.6 Å². The Balaban J connectivity index is 2.53. The van der Waals surface area contributed by atoms with Crippen LogP contribution in [0.4, 0.5) is 13.2 Å². The summed E-state index contributed by atoms with van der Waals surface area (Å²) in [6.07, 6.45) is 1.29. The molecule has 9 heteroatoms. The van der Waals surface area contributed by atoms with Crippen LogP contribution in [0.25, 0.3) is 0 Å². The van der Waals surface area contributed by atoms with E-state index in [0.717, 1.165) is 11.1 Å². The Bertz CT molecular complexity index is 968. The second-order valence-corrected chi connectivity index (χ2v) is 8.36. The summed E-state index contributed by atoms with van der Waals surface area (Å²) in [5.41, 5.74) is -4.17. The van der Waals surface area contributed by atoms with E-state index in [4.69, 9.17) is 11.6 Å². The predicted molar refractivity (Wildman–Crippen MR) is 101 cm³/mol. The summed E-state index contributed by atoms with van der Waals surface area (Å²) in [6.45, 7) is 5.39. The van der Waals surface area contributed by atoms with Gasteiger partial charge < -0.3 is 9.29 Å². The van der Waals surface area contributed by atoms with Crippen LogP contribution in [0, 0.1) is 6.92 Å². The fourth-order valence-corrected chi connectivity index (χ4v) is 3.94. The van der Waals surface area contributed by atoms with Gasteiger partial charge in [-0.3, -0.25) is 0 Å². The van der Waals surface area contributed by atoms with Crippen molar-refractivity contribution in [2.75, 3.05) is 0 Å². The number of hydrogen-bond donors (Lipinski definition) is 1. The highest BCUT2D eigenvalue weighted by Gasteiger charge is 2.48. The molecule has 0 spiro atoms. The average molecular weight is 437 g/mol. The van der Waals surface area contributed by atoms with E-state index in [2.05, 4.69) is 4.18 Å². The van der Waals surface area contributed by atoms with Gasteiger partial charge in [-0.05, 0) is 54.7 Å². The normalized spacial score (nSPS) is 12.8. The van der Waals surface area contributed by atoms with Gasteiger partial charge in [0.1, 0.15) is 11.5 Å². The molecule has 0 saturated heterocycles. The van der Waals surface area contributed by atoms with E-state index in [1.807, 2.05) is 13.8 Å². The van der Waals surface area contributed by atoms with Crippen molar-refractivity contribution < 1.29 is 30.9 Å². The second-order valence-electron chi connectivity index (χ2n) is 6.42. The number of phenolic OH excluding ortho intramolecular Hbond substituents is 1. The number of benzene rings is 2. The molecule has 28 heavy (non-hydrogen) atoms. The van der Waals surface area contributed by atoms with Crippen molar-refractivity contribution in [3.8, 4) is 11.5 Å². The van der Waals surface area contributed by atoms with Gasteiger partial charge in [0.05, 0.1) is 5.02 Å². The van der Waals surface area contributed by atoms with Crippen molar-refractivity contribution in [1.29, 1.82) is 0 Å². The zero-order valence-corrected chi connectivity index (χ0v) is 17.0. The molecule has 2 aromatic carbocycles. The molecule has 2 rings (SSSR count). The first-order valence-corrected chi connectivity index (χ1v) is 10.3. The van der Waals surface area contributed by atoms with Gasteiger partial charge in [0.15, 0.2) is 0 Å². The van der Waals surface area contributed by atoms with Crippen LogP contribution in [0.2, 0.25) is 5.02 Å². The van der Waals surface area contributed by atoms with E-state index in [1.54, 1.807) is 24.3 Å². The SMILES string of the molecule is CCC(CC)(c1ccc(OS(=O)(=O)C(F)(F)F)c(C)c1)c1ccc(O)c(Cl)c1. The van der Waals surface area contributed by atoms with E-state index in [0.29, 0.717) is 12.8 Å². The molecule has 154 valence electrons. The third-order valence-electron chi connectivity index (χ3n) is 4.92. The summed E-state index contributed by atoms with van der Waals surface area (Å²) in [5, 5.41) is 9.87. The van der Waals surface area contributed by atoms with E-state index < -0.39 is 21.0 Å². The molecule has 0 radical (unpaired) electrons. The lowest BCUT2D eigenvalue weighted by molar-refractivity contribution is -0.0500. The number of rotatable bonds is 6. The molecule has 0 heterocycles. The number of halogens is 4. The van der Waals surface area contributed by atoms with Gasteiger partial charge in [-0.25, -0.2) is 0 Å². The molecule has 0 aliphatic carbocycles. The standard InChI is InChI=1S/C19H20ClF3O4S/c1-4-18(5-2,14-6-8-16(24)15(20)11-14)13-7-9-17(12(3)10-13)27-28(25,26)19(21,22)23/h6-11,24H,4-5H2,1-3H3. The highest BCUT2D eigenvalue weighted by atomic mass is 35.5. The quantitative estimate of drug-likeness (QED) is 0.466.